The van der Waals surface area contributed by atoms with Crippen molar-refractivity contribution < 1.29 is 13.4 Å². The zero-order valence-corrected chi connectivity index (χ0v) is 12.6. The second kappa shape index (κ2) is 6.17. The van der Waals surface area contributed by atoms with E-state index in [0.717, 1.165) is 0 Å². The lowest BCUT2D eigenvalue weighted by molar-refractivity contribution is -0.120. The SMILES string of the molecule is CC1CC(C(=O)Nc2ccc(F)c(Cl)c2)N(C)S(=O)N1. The van der Waals surface area contributed by atoms with Gasteiger partial charge in [-0.15, -0.1) is 0 Å². The summed E-state index contributed by atoms with van der Waals surface area (Å²) in [6.45, 7) is 1.86. The van der Waals surface area contributed by atoms with Crippen molar-refractivity contribution in [2.75, 3.05) is 12.4 Å². The van der Waals surface area contributed by atoms with E-state index in [1.54, 1.807) is 7.05 Å². The van der Waals surface area contributed by atoms with Gasteiger partial charge in [-0.25, -0.2) is 17.6 Å². The van der Waals surface area contributed by atoms with Crippen LogP contribution in [0.3, 0.4) is 0 Å². The first-order chi connectivity index (χ1) is 9.38. The molecule has 2 N–H and O–H groups in total. The van der Waals surface area contributed by atoms with Crippen molar-refractivity contribution in [3.05, 3.63) is 29.0 Å². The van der Waals surface area contributed by atoms with E-state index in [0.29, 0.717) is 12.1 Å². The molecule has 1 fully saturated rings. The van der Waals surface area contributed by atoms with Gasteiger partial charge in [-0.3, -0.25) is 4.79 Å². The van der Waals surface area contributed by atoms with Crippen LogP contribution in [0.1, 0.15) is 13.3 Å². The lowest BCUT2D eigenvalue weighted by atomic mass is 10.1. The van der Waals surface area contributed by atoms with Crippen LogP contribution in [0.15, 0.2) is 18.2 Å². The first-order valence-corrected chi connectivity index (χ1v) is 7.53. The Balaban J connectivity index is 2.10. The molecule has 8 heteroatoms. The van der Waals surface area contributed by atoms with Crippen molar-refractivity contribution in [2.45, 2.75) is 25.4 Å². The number of nitrogens with one attached hydrogen (secondary N) is 2. The zero-order chi connectivity index (χ0) is 14.9. The molecular formula is C12H15ClFN3O2S. The Morgan fingerprint density at radius 2 is 2.30 bits per heavy atom. The molecule has 1 aromatic rings. The van der Waals surface area contributed by atoms with Crippen molar-refractivity contribution in [1.82, 2.24) is 9.03 Å². The van der Waals surface area contributed by atoms with Crippen molar-refractivity contribution in [1.29, 1.82) is 0 Å². The first kappa shape index (κ1) is 15.4. The molecule has 3 atom stereocenters. The fraction of sp³-hybridized carbons (Fsp3) is 0.417. The van der Waals surface area contributed by atoms with Gasteiger partial charge in [0.1, 0.15) is 11.9 Å². The molecule has 110 valence electrons. The van der Waals surface area contributed by atoms with E-state index in [9.17, 15) is 13.4 Å². The second-order valence-corrected chi connectivity index (χ2v) is 6.40. The molecule has 3 unspecified atom stereocenters. The molecule has 0 radical (unpaired) electrons. The summed E-state index contributed by atoms with van der Waals surface area (Å²) in [5.41, 5.74) is 0.409. The normalized spacial score (nSPS) is 27.3. The molecule has 1 aromatic carbocycles. The number of hydrogen-bond acceptors (Lipinski definition) is 2. The van der Waals surface area contributed by atoms with Crippen molar-refractivity contribution >= 4 is 34.4 Å². The van der Waals surface area contributed by atoms with Gasteiger partial charge < -0.3 is 5.32 Å². The third-order valence-corrected chi connectivity index (χ3v) is 4.74. The summed E-state index contributed by atoms with van der Waals surface area (Å²) in [7, 11) is 1.61. The predicted octanol–water partition coefficient (Wildman–Crippen LogP) is 1.68. The molecule has 1 aliphatic heterocycles. The third kappa shape index (κ3) is 3.35. The minimum atomic E-state index is -1.40. The maximum absolute atomic E-state index is 13.1. The van der Waals surface area contributed by atoms with E-state index in [4.69, 9.17) is 11.6 Å². The van der Waals surface area contributed by atoms with Crippen LogP contribution < -0.4 is 10.0 Å². The summed E-state index contributed by atoms with van der Waals surface area (Å²) in [6.07, 6.45) is 0.531. The topological polar surface area (TPSA) is 61.4 Å². The Morgan fingerprint density at radius 3 is 2.95 bits per heavy atom. The Hall–Kier alpha value is -1.02. The monoisotopic (exact) mass is 319 g/mol. The average molecular weight is 320 g/mol. The predicted molar refractivity (Wildman–Crippen MR) is 76.9 cm³/mol. The number of hydrogen-bond donors (Lipinski definition) is 2. The van der Waals surface area contributed by atoms with Gasteiger partial charge in [0, 0.05) is 18.8 Å². The van der Waals surface area contributed by atoms with Crippen molar-refractivity contribution in [3.8, 4) is 0 Å². The maximum Gasteiger partial charge on any atom is 0.242 e. The molecule has 1 heterocycles. The van der Waals surface area contributed by atoms with E-state index < -0.39 is 23.0 Å². The van der Waals surface area contributed by atoms with Crippen molar-refractivity contribution in [3.63, 3.8) is 0 Å². The Bertz CT molecular complexity index is 558. The largest absolute Gasteiger partial charge is 0.325 e. The van der Waals surface area contributed by atoms with Gasteiger partial charge >= 0.3 is 0 Å². The minimum Gasteiger partial charge on any atom is -0.325 e. The van der Waals surface area contributed by atoms with Gasteiger partial charge in [0.05, 0.1) is 5.02 Å². The fourth-order valence-electron chi connectivity index (χ4n) is 1.97. The summed E-state index contributed by atoms with van der Waals surface area (Å²) >= 11 is 4.27. The number of carbonyl (C=O) groups excluding carboxylic acids is 1. The lowest BCUT2D eigenvalue weighted by Crippen LogP contribution is -2.55. The average Bonchev–Trinajstić information content (AvgIpc) is 2.38. The molecule has 0 aliphatic carbocycles. The fourth-order valence-corrected chi connectivity index (χ4v) is 3.17. The molecule has 1 aliphatic rings. The molecule has 2 rings (SSSR count). The van der Waals surface area contributed by atoms with Gasteiger partial charge in [0.25, 0.3) is 0 Å². The third-order valence-electron chi connectivity index (χ3n) is 3.07. The number of benzene rings is 1. The zero-order valence-electron chi connectivity index (χ0n) is 11.0. The van der Waals surface area contributed by atoms with Gasteiger partial charge in [-0.1, -0.05) is 11.6 Å². The van der Waals surface area contributed by atoms with E-state index in [1.807, 2.05) is 6.92 Å². The maximum atomic E-state index is 13.1. The highest BCUT2D eigenvalue weighted by atomic mass is 35.5. The number of amides is 1. The van der Waals surface area contributed by atoms with Crippen LogP contribution in [0.25, 0.3) is 0 Å². The summed E-state index contributed by atoms with van der Waals surface area (Å²) < 4.78 is 29.1. The van der Waals surface area contributed by atoms with E-state index >= 15 is 0 Å². The van der Waals surface area contributed by atoms with Crippen LogP contribution in [-0.2, 0) is 16.0 Å². The number of rotatable bonds is 2. The van der Waals surface area contributed by atoms with E-state index in [-0.39, 0.29) is 17.0 Å². The highest BCUT2D eigenvalue weighted by Crippen LogP contribution is 2.21. The lowest BCUT2D eigenvalue weighted by Gasteiger charge is -2.33. The molecular weight excluding hydrogens is 305 g/mol. The van der Waals surface area contributed by atoms with Crippen LogP contribution in [0.2, 0.25) is 5.02 Å². The van der Waals surface area contributed by atoms with Gasteiger partial charge in [0.2, 0.25) is 5.91 Å². The first-order valence-electron chi connectivity index (χ1n) is 6.05. The van der Waals surface area contributed by atoms with Crippen LogP contribution in [0.4, 0.5) is 10.1 Å². The molecule has 0 saturated carbocycles. The van der Waals surface area contributed by atoms with Crippen LogP contribution >= 0.6 is 11.6 Å². The minimum absolute atomic E-state index is 0.0282. The second-order valence-electron chi connectivity index (χ2n) is 4.68. The number of nitrogens with zero attached hydrogens (tertiary/aromatic N) is 1. The van der Waals surface area contributed by atoms with Crippen LogP contribution in [0, 0.1) is 5.82 Å². The Morgan fingerprint density at radius 1 is 1.60 bits per heavy atom. The summed E-state index contributed by atoms with van der Waals surface area (Å²) in [6, 6.07) is 3.41. The van der Waals surface area contributed by atoms with Crippen LogP contribution in [-0.4, -0.2) is 33.6 Å². The summed E-state index contributed by atoms with van der Waals surface area (Å²) in [5.74, 6) is -0.838. The summed E-state index contributed by atoms with van der Waals surface area (Å²) in [4.78, 5) is 12.2. The molecule has 5 nitrogen and oxygen atoms in total. The van der Waals surface area contributed by atoms with Gasteiger partial charge in [0.15, 0.2) is 11.2 Å². The number of halogens is 2. The summed E-state index contributed by atoms with van der Waals surface area (Å²) in [5, 5.41) is 2.60. The molecule has 1 amide bonds. The van der Waals surface area contributed by atoms with E-state index in [2.05, 4.69) is 10.0 Å². The van der Waals surface area contributed by atoms with Gasteiger partial charge in [-0.05, 0) is 31.5 Å². The standard InChI is InChI=1S/C12H15ClFN3O2S/c1-7-5-11(17(2)20(19)16-7)12(18)15-8-3-4-10(14)9(13)6-8/h3-4,6-7,11,16H,5H2,1-2H3,(H,15,18). The smallest absolute Gasteiger partial charge is 0.242 e. The molecule has 0 bridgehead atoms. The highest BCUT2D eigenvalue weighted by Gasteiger charge is 2.33. The molecule has 0 aromatic heterocycles. The van der Waals surface area contributed by atoms with Gasteiger partial charge in [-0.2, -0.15) is 0 Å². The van der Waals surface area contributed by atoms with Crippen LogP contribution in [0.5, 0.6) is 0 Å². The van der Waals surface area contributed by atoms with Crippen molar-refractivity contribution in [2.24, 2.45) is 0 Å². The molecule has 1 saturated heterocycles. The number of likely N-dealkylation sites (N-methyl/N-ethyl adjacent to an activating group) is 1. The molecule has 0 spiro atoms. The molecule has 20 heavy (non-hydrogen) atoms. The number of anilines is 1. The quantitative estimate of drug-likeness (QED) is 0.871. The Kier molecular flexibility index (Phi) is 4.74. The van der Waals surface area contributed by atoms with E-state index in [1.165, 1.54) is 22.5 Å². The Labute approximate surface area is 124 Å². The highest BCUT2D eigenvalue weighted by molar-refractivity contribution is 7.80. The number of carbonyl (C=O) groups is 1.